The largest absolute Gasteiger partial charge is 0.478 e. The van der Waals surface area contributed by atoms with Crippen LogP contribution in [0.25, 0.3) is 28.3 Å². The highest BCUT2D eigenvalue weighted by molar-refractivity contribution is 5.88. The SMILES string of the molecule is O=C(O)/C=C/c1ccc(-c2ccccc2)c(-c2ccccc2)c1. The summed E-state index contributed by atoms with van der Waals surface area (Å²) in [6, 6.07) is 26.3. The molecule has 2 heteroatoms. The number of benzene rings is 3. The molecule has 0 saturated heterocycles. The van der Waals surface area contributed by atoms with Gasteiger partial charge < -0.3 is 5.11 Å². The predicted molar refractivity (Wildman–Crippen MR) is 94.0 cm³/mol. The molecule has 0 heterocycles. The van der Waals surface area contributed by atoms with Crippen LogP contribution in [0.5, 0.6) is 0 Å². The zero-order chi connectivity index (χ0) is 16.1. The Morgan fingerprint density at radius 2 is 1.30 bits per heavy atom. The molecule has 0 amide bonds. The Morgan fingerprint density at radius 1 is 0.739 bits per heavy atom. The van der Waals surface area contributed by atoms with Crippen LogP contribution in [0, 0.1) is 0 Å². The van der Waals surface area contributed by atoms with E-state index in [4.69, 9.17) is 5.11 Å². The van der Waals surface area contributed by atoms with E-state index in [1.165, 1.54) is 0 Å². The van der Waals surface area contributed by atoms with Crippen LogP contribution < -0.4 is 0 Å². The van der Waals surface area contributed by atoms with Gasteiger partial charge in [-0.3, -0.25) is 0 Å². The molecule has 0 aliphatic heterocycles. The van der Waals surface area contributed by atoms with Crippen LogP contribution in [-0.4, -0.2) is 11.1 Å². The van der Waals surface area contributed by atoms with Gasteiger partial charge in [-0.15, -0.1) is 0 Å². The quantitative estimate of drug-likeness (QED) is 0.679. The number of rotatable bonds is 4. The molecule has 0 aliphatic rings. The predicted octanol–water partition coefficient (Wildman–Crippen LogP) is 5.12. The smallest absolute Gasteiger partial charge is 0.328 e. The van der Waals surface area contributed by atoms with Crippen LogP contribution in [-0.2, 0) is 4.79 Å². The lowest BCUT2D eigenvalue weighted by Gasteiger charge is -2.11. The number of carboxylic acids is 1. The van der Waals surface area contributed by atoms with E-state index in [-0.39, 0.29) is 0 Å². The van der Waals surface area contributed by atoms with Crippen molar-refractivity contribution in [3.63, 3.8) is 0 Å². The van der Waals surface area contributed by atoms with E-state index in [2.05, 4.69) is 24.3 Å². The highest BCUT2D eigenvalue weighted by Crippen LogP contribution is 2.33. The fourth-order valence-electron chi connectivity index (χ4n) is 2.56. The third-order valence-electron chi connectivity index (χ3n) is 3.63. The minimum absolute atomic E-state index is 0.867. The van der Waals surface area contributed by atoms with Crippen molar-refractivity contribution in [1.29, 1.82) is 0 Å². The molecule has 0 spiro atoms. The summed E-state index contributed by atoms with van der Waals surface area (Å²) in [5, 5.41) is 8.81. The van der Waals surface area contributed by atoms with E-state index in [1.807, 2.05) is 54.6 Å². The van der Waals surface area contributed by atoms with Crippen LogP contribution in [0.1, 0.15) is 5.56 Å². The van der Waals surface area contributed by atoms with Gasteiger partial charge in [0.25, 0.3) is 0 Å². The number of aliphatic carboxylic acids is 1. The first-order valence-electron chi connectivity index (χ1n) is 7.40. The maximum absolute atomic E-state index is 10.7. The van der Waals surface area contributed by atoms with E-state index < -0.39 is 5.97 Å². The summed E-state index contributed by atoms with van der Waals surface area (Å²) < 4.78 is 0. The fraction of sp³-hybridized carbons (Fsp3) is 0. The van der Waals surface area contributed by atoms with Crippen LogP contribution in [0.3, 0.4) is 0 Å². The van der Waals surface area contributed by atoms with Crippen molar-refractivity contribution < 1.29 is 9.90 Å². The van der Waals surface area contributed by atoms with Crippen LogP contribution in [0.2, 0.25) is 0 Å². The second-order valence-electron chi connectivity index (χ2n) is 5.21. The monoisotopic (exact) mass is 300 g/mol. The van der Waals surface area contributed by atoms with Gasteiger partial charge in [0.2, 0.25) is 0 Å². The first-order valence-corrected chi connectivity index (χ1v) is 7.40. The second-order valence-corrected chi connectivity index (χ2v) is 5.21. The minimum Gasteiger partial charge on any atom is -0.478 e. The van der Waals surface area contributed by atoms with Gasteiger partial charge in [0.15, 0.2) is 0 Å². The van der Waals surface area contributed by atoms with E-state index in [0.717, 1.165) is 33.9 Å². The van der Waals surface area contributed by atoms with Gasteiger partial charge in [0.1, 0.15) is 0 Å². The Kier molecular flexibility index (Phi) is 4.34. The van der Waals surface area contributed by atoms with Gasteiger partial charge in [-0.2, -0.15) is 0 Å². The Hall–Kier alpha value is -3.13. The molecule has 0 unspecified atom stereocenters. The molecule has 0 radical (unpaired) electrons. The highest BCUT2D eigenvalue weighted by atomic mass is 16.4. The van der Waals surface area contributed by atoms with Crippen molar-refractivity contribution in [2.75, 3.05) is 0 Å². The number of hydrogen-bond acceptors (Lipinski definition) is 1. The van der Waals surface area contributed by atoms with Crippen molar-refractivity contribution in [2.24, 2.45) is 0 Å². The third kappa shape index (κ3) is 3.55. The first kappa shape index (κ1) is 14.8. The zero-order valence-corrected chi connectivity index (χ0v) is 12.5. The van der Waals surface area contributed by atoms with Gasteiger partial charge in [-0.25, -0.2) is 4.79 Å². The number of hydrogen-bond donors (Lipinski definition) is 1. The van der Waals surface area contributed by atoms with Gasteiger partial charge >= 0.3 is 5.97 Å². The molecule has 0 atom stereocenters. The number of carbonyl (C=O) groups is 1. The van der Waals surface area contributed by atoms with E-state index in [0.29, 0.717) is 0 Å². The Labute approximate surface area is 135 Å². The molecule has 3 aromatic carbocycles. The fourth-order valence-corrected chi connectivity index (χ4v) is 2.56. The van der Waals surface area contributed by atoms with Crippen molar-refractivity contribution in [2.45, 2.75) is 0 Å². The molecule has 0 saturated carbocycles. The van der Waals surface area contributed by atoms with Crippen LogP contribution >= 0.6 is 0 Å². The average Bonchev–Trinajstić information content (AvgIpc) is 2.61. The molecule has 2 nitrogen and oxygen atoms in total. The Bertz CT molecular complexity index is 834. The van der Waals surface area contributed by atoms with Gasteiger partial charge in [-0.05, 0) is 40.0 Å². The maximum Gasteiger partial charge on any atom is 0.328 e. The molecule has 3 aromatic rings. The third-order valence-corrected chi connectivity index (χ3v) is 3.63. The highest BCUT2D eigenvalue weighted by Gasteiger charge is 2.07. The normalized spacial score (nSPS) is 10.8. The lowest BCUT2D eigenvalue weighted by atomic mass is 9.93. The Morgan fingerprint density at radius 3 is 1.87 bits per heavy atom. The molecular formula is C21H16O2. The summed E-state index contributed by atoms with van der Waals surface area (Å²) in [6.07, 6.45) is 2.77. The van der Waals surface area contributed by atoms with Gasteiger partial charge in [-0.1, -0.05) is 72.8 Å². The second kappa shape index (κ2) is 6.75. The maximum atomic E-state index is 10.7. The summed E-state index contributed by atoms with van der Waals surface area (Å²) in [4.78, 5) is 10.7. The van der Waals surface area contributed by atoms with E-state index >= 15 is 0 Å². The molecule has 0 bridgehead atoms. The molecule has 3 rings (SSSR count). The topological polar surface area (TPSA) is 37.3 Å². The van der Waals surface area contributed by atoms with Gasteiger partial charge in [0, 0.05) is 6.08 Å². The van der Waals surface area contributed by atoms with Crippen molar-refractivity contribution in [3.8, 4) is 22.3 Å². The van der Waals surface area contributed by atoms with Crippen LogP contribution in [0.4, 0.5) is 0 Å². The standard InChI is InChI=1S/C21H16O2/c22-21(23)14-12-16-11-13-19(17-7-3-1-4-8-17)20(15-16)18-9-5-2-6-10-18/h1-15H,(H,22,23)/b14-12+. The van der Waals surface area contributed by atoms with Gasteiger partial charge in [0.05, 0.1) is 0 Å². The lowest BCUT2D eigenvalue weighted by Crippen LogP contribution is -1.88. The molecule has 0 aliphatic carbocycles. The molecule has 112 valence electrons. The van der Waals surface area contributed by atoms with Crippen molar-refractivity contribution in [1.82, 2.24) is 0 Å². The Balaban J connectivity index is 2.15. The summed E-state index contributed by atoms with van der Waals surface area (Å²) in [5.74, 6) is -0.946. The minimum atomic E-state index is -0.946. The molecule has 0 fully saturated rings. The van der Waals surface area contributed by atoms with Crippen LogP contribution in [0.15, 0.2) is 84.9 Å². The lowest BCUT2D eigenvalue weighted by molar-refractivity contribution is -0.131. The molecule has 23 heavy (non-hydrogen) atoms. The average molecular weight is 300 g/mol. The van der Waals surface area contributed by atoms with E-state index in [1.54, 1.807) is 6.08 Å². The molecule has 1 N–H and O–H groups in total. The summed E-state index contributed by atoms with van der Waals surface area (Å²) in [6.45, 7) is 0. The van der Waals surface area contributed by atoms with Crippen molar-refractivity contribution in [3.05, 3.63) is 90.5 Å². The molecule has 0 aromatic heterocycles. The first-order chi connectivity index (χ1) is 11.2. The summed E-state index contributed by atoms with van der Waals surface area (Å²) in [7, 11) is 0. The summed E-state index contributed by atoms with van der Waals surface area (Å²) >= 11 is 0. The van der Waals surface area contributed by atoms with Crippen molar-refractivity contribution >= 4 is 12.0 Å². The number of carboxylic acid groups (broad SMARTS) is 1. The molecular weight excluding hydrogens is 284 g/mol. The van der Waals surface area contributed by atoms with E-state index in [9.17, 15) is 4.79 Å². The summed E-state index contributed by atoms with van der Waals surface area (Å²) in [5.41, 5.74) is 5.33. The zero-order valence-electron chi connectivity index (χ0n) is 12.5.